The highest BCUT2D eigenvalue weighted by Crippen LogP contribution is 2.03. The van der Waals surface area contributed by atoms with Crippen LogP contribution in [-0.4, -0.2) is 21.3 Å². The van der Waals surface area contributed by atoms with Gasteiger partial charge in [0.2, 0.25) is 5.01 Å². The van der Waals surface area contributed by atoms with Crippen LogP contribution >= 0.6 is 11.5 Å². The molecule has 1 aromatic heterocycles. The third-order valence-electron chi connectivity index (χ3n) is 1.71. The third kappa shape index (κ3) is 2.77. The maximum atomic E-state index is 11.4. The van der Waals surface area contributed by atoms with E-state index < -0.39 is 0 Å². The monoisotopic (exact) mass is 199 g/mol. The zero-order chi connectivity index (χ0) is 9.84. The Hall–Kier alpha value is -0.970. The minimum absolute atomic E-state index is 0.125. The van der Waals surface area contributed by atoms with Gasteiger partial charge < -0.3 is 5.32 Å². The van der Waals surface area contributed by atoms with E-state index in [2.05, 4.69) is 14.7 Å². The van der Waals surface area contributed by atoms with Crippen molar-refractivity contribution in [1.29, 1.82) is 0 Å². The van der Waals surface area contributed by atoms with Crippen molar-refractivity contribution in [3.05, 3.63) is 10.8 Å². The fraction of sp³-hybridized carbons (Fsp3) is 0.625. The summed E-state index contributed by atoms with van der Waals surface area (Å²) < 4.78 is 3.94. The molecule has 72 valence electrons. The number of amides is 1. The van der Waals surface area contributed by atoms with Gasteiger partial charge in [-0.1, -0.05) is 6.92 Å². The molecule has 1 heterocycles. The van der Waals surface area contributed by atoms with Crippen molar-refractivity contribution in [2.24, 2.45) is 0 Å². The molecule has 4 nitrogen and oxygen atoms in total. The molecule has 0 aliphatic carbocycles. The number of aryl methyl sites for hydroxylation is 1. The van der Waals surface area contributed by atoms with Gasteiger partial charge in [-0.3, -0.25) is 4.79 Å². The van der Waals surface area contributed by atoms with E-state index >= 15 is 0 Å². The lowest BCUT2D eigenvalue weighted by Gasteiger charge is -2.08. The molecule has 0 aliphatic heterocycles. The van der Waals surface area contributed by atoms with E-state index in [1.54, 1.807) is 6.92 Å². The van der Waals surface area contributed by atoms with Crippen LogP contribution in [0.15, 0.2) is 0 Å². The lowest BCUT2D eigenvalue weighted by atomic mass is 10.2. The molecular formula is C8H13N3OS. The maximum absolute atomic E-state index is 11.4. The quantitative estimate of drug-likeness (QED) is 0.800. The van der Waals surface area contributed by atoms with E-state index in [9.17, 15) is 4.79 Å². The molecule has 0 unspecified atom stereocenters. The van der Waals surface area contributed by atoms with E-state index in [-0.39, 0.29) is 11.9 Å². The first-order valence-corrected chi connectivity index (χ1v) is 5.02. The minimum Gasteiger partial charge on any atom is -0.347 e. The molecule has 13 heavy (non-hydrogen) atoms. The Morgan fingerprint density at radius 2 is 2.38 bits per heavy atom. The van der Waals surface area contributed by atoms with Gasteiger partial charge in [-0.25, -0.2) is 4.98 Å². The van der Waals surface area contributed by atoms with Crippen molar-refractivity contribution >= 4 is 17.4 Å². The Morgan fingerprint density at radius 3 is 2.85 bits per heavy atom. The maximum Gasteiger partial charge on any atom is 0.282 e. The summed E-state index contributed by atoms with van der Waals surface area (Å²) in [6, 6.07) is 0.191. The molecule has 0 radical (unpaired) electrons. The van der Waals surface area contributed by atoms with Crippen LogP contribution in [0.3, 0.4) is 0 Å². The van der Waals surface area contributed by atoms with Crippen molar-refractivity contribution in [3.8, 4) is 0 Å². The zero-order valence-electron chi connectivity index (χ0n) is 8.00. The second-order valence-electron chi connectivity index (χ2n) is 2.93. The van der Waals surface area contributed by atoms with Crippen LogP contribution in [-0.2, 0) is 0 Å². The SMILES string of the molecule is CC[C@@H](C)NC(=O)c1nc(C)ns1. The normalized spacial score (nSPS) is 12.5. The predicted octanol–water partition coefficient (Wildman–Crippen LogP) is 1.37. The molecule has 1 rings (SSSR count). The first-order valence-electron chi connectivity index (χ1n) is 4.24. The fourth-order valence-corrected chi connectivity index (χ4v) is 1.35. The number of hydrogen-bond acceptors (Lipinski definition) is 4. The van der Waals surface area contributed by atoms with E-state index in [0.29, 0.717) is 10.8 Å². The Morgan fingerprint density at radius 1 is 1.69 bits per heavy atom. The molecule has 0 aliphatic rings. The third-order valence-corrected chi connectivity index (χ3v) is 2.52. The highest BCUT2D eigenvalue weighted by molar-refractivity contribution is 7.07. The van der Waals surface area contributed by atoms with Crippen LogP contribution in [0.25, 0.3) is 0 Å². The topological polar surface area (TPSA) is 54.9 Å². The largest absolute Gasteiger partial charge is 0.347 e. The molecule has 1 atom stereocenters. The number of carbonyl (C=O) groups is 1. The van der Waals surface area contributed by atoms with Crippen LogP contribution in [0, 0.1) is 6.92 Å². The number of nitrogens with one attached hydrogen (secondary N) is 1. The summed E-state index contributed by atoms with van der Waals surface area (Å²) in [7, 11) is 0. The van der Waals surface area contributed by atoms with Gasteiger partial charge in [0.15, 0.2) is 0 Å². The van der Waals surface area contributed by atoms with Crippen LogP contribution in [0.2, 0.25) is 0 Å². The summed E-state index contributed by atoms with van der Waals surface area (Å²) in [5.74, 6) is 0.527. The average molecular weight is 199 g/mol. The fourth-order valence-electron chi connectivity index (χ4n) is 0.777. The van der Waals surface area contributed by atoms with Crippen LogP contribution in [0.4, 0.5) is 0 Å². The molecule has 1 N–H and O–H groups in total. The van der Waals surface area contributed by atoms with Crippen LogP contribution in [0.5, 0.6) is 0 Å². The second kappa shape index (κ2) is 4.32. The standard InChI is InChI=1S/C8H13N3OS/c1-4-5(2)9-7(12)8-10-6(3)11-13-8/h5H,4H2,1-3H3,(H,9,12)/t5-/m1/s1. The average Bonchev–Trinajstić information content (AvgIpc) is 2.51. The van der Waals surface area contributed by atoms with Crippen molar-refractivity contribution in [3.63, 3.8) is 0 Å². The van der Waals surface area contributed by atoms with Gasteiger partial charge in [-0.15, -0.1) is 0 Å². The van der Waals surface area contributed by atoms with Crippen molar-refractivity contribution in [1.82, 2.24) is 14.7 Å². The highest BCUT2D eigenvalue weighted by atomic mass is 32.1. The summed E-state index contributed by atoms with van der Waals surface area (Å²) in [5.41, 5.74) is 0. The smallest absolute Gasteiger partial charge is 0.282 e. The van der Waals surface area contributed by atoms with Crippen LogP contribution in [0.1, 0.15) is 35.9 Å². The van der Waals surface area contributed by atoms with Gasteiger partial charge in [0.25, 0.3) is 5.91 Å². The number of hydrogen-bond donors (Lipinski definition) is 1. The molecule has 5 heteroatoms. The number of rotatable bonds is 3. The van der Waals surface area contributed by atoms with E-state index in [1.807, 2.05) is 13.8 Å². The van der Waals surface area contributed by atoms with Crippen molar-refractivity contribution in [2.75, 3.05) is 0 Å². The Bertz CT molecular complexity index is 297. The lowest BCUT2D eigenvalue weighted by molar-refractivity contribution is 0.0939. The van der Waals surface area contributed by atoms with Gasteiger partial charge in [-0.2, -0.15) is 4.37 Å². The number of nitrogens with zero attached hydrogens (tertiary/aromatic N) is 2. The van der Waals surface area contributed by atoms with E-state index in [4.69, 9.17) is 0 Å². The van der Waals surface area contributed by atoms with Crippen molar-refractivity contribution < 1.29 is 4.79 Å². The molecule has 0 spiro atoms. The van der Waals surface area contributed by atoms with E-state index in [1.165, 1.54) is 0 Å². The summed E-state index contributed by atoms with van der Waals surface area (Å²) in [4.78, 5) is 15.4. The van der Waals surface area contributed by atoms with E-state index in [0.717, 1.165) is 18.0 Å². The molecule has 0 bridgehead atoms. The molecular weight excluding hydrogens is 186 g/mol. The second-order valence-corrected chi connectivity index (χ2v) is 3.68. The lowest BCUT2D eigenvalue weighted by Crippen LogP contribution is -2.31. The predicted molar refractivity (Wildman–Crippen MR) is 51.9 cm³/mol. The summed E-state index contributed by atoms with van der Waals surface area (Å²) in [6.45, 7) is 5.76. The summed E-state index contributed by atoms with van der Waals surface area (Å²) >= 11 is 1.14. The van der Waals surface area contributed by atoms with Gasteiger partial charge in [0.1, 0.15) is 5.82 Å². The molecule has 1 amide bonds. The Kier molecular flexibility index (Phi) is 3.36. The summed E-state index contributed by atoms with van der Waals surface area (Å²) in [6.07, 6.45) is 0.920. The van der Waals surface area contributed by atoms with Gasteiger partial charge in [0.05, 0.1) is 0 Å². The van der Waals surface area contributed by atoms with Gasteiger partial charge >= 0.3 is 0 Å². The molecule has 0 saturated heterocycles. The molecule has 0 saturated carbocycles. The highest BCUT2D eigenvalue weighted by Gasteiger charge is 2.12. The van der Waals surface area contributed by atoms with Gasteiger partial charge in [-0.05, 0) is 31.8 Å². The molecule has 1 aromatic rings. The first kappa shape index (κ1) is 10.1. The summed E-state index contributed by atoms with van der Waals surface area (Å²) in [5, 5.41) is 3.27. The van der Waals surface area contributed by atoms with Gasteiger partial charge in [0, 0.05) is 6.04 Å². The number of aromatic nitrogens is 2. The Balaban J connectivity index is 2.58. The molecule has 0 fully saturated rings. The Labute approximate surface area is 81.6 Å². The number of carbonyl (C=O) groups excluding carboxylic acids is 1. The zero-order valence-corrected chi connectivity index (χ0v) is 8.81. The molecule has 0 aromatic carbocycles. The first-order chi connectivity index (χ1) is 6.13. The van der Waals surface area contributed by atoms with Crippen molar-refractivity contribution in [2.45, 2.75) is 33.2 Å². The van der Waals surface area contributed by atoms with Crippen LogP contribution < -0.4 is 5.32 Å². The minimum atomic E-state index is -0.125.